The Balaban J connectivity index is 1.08. The zero-order chi connectivity index (χ0) is 39.6. The summed E-state index contributed by atoms with van der Waals surface area (Å²) in [6.07, 6.45) is 4.57. The van der Waals surface area contributed by atoms with E-state index in [-0.39, 0.29) is 0 Å². The van der Waals surface area contributed by atoms with Gasteiger partial charge in [-0.2, -0.15) is 0 Å². The third-order valence-electron chi connectivity index (χ3n) is 12.9. The first-order valence-corrected chi connectivity index (χ1v) is 21.0. The highest BCUT2D eigenvalue weighted by atomic mass is 16.5. The van der Waals surface area contributed by atoms with E-state index in [2.05, 4.69) is 170 Å². The van der Waals surface area contributed by atoms with Crippen LogP contribution in [0.15, 0.2) is 194 Å². The molecule has 0 amide bonds. The molecule has 1 unspecified atom stereocenters. The summed E-state index contributed by atoms with van der Waals surface area (Å²) >= 11 is 0. The number of ether oxygens (including phenoxy) is 1. The largest absolute Gasteiger partial charge is 0.456 e. The summed E-state index contributed by atoms with van der Waals surface area (Å²) in [5.74, 6) is 3.65. The summed E-state index contributed by atoms with van der Waals surface area (Å²) in [7, 11) is 0. The normalized spacial score (nSPS) is 16.2. The maximum Gasteiger partial charge on any atom is 0.164 e. The highest BCUT2D eigenvalue weighted by molar-refractivity contribution is 6.04. The fourth-order valence-electron chi connectivity index (χ4n) is 10.4. The summed E-state index contributed by atoms with van der Waals surface area (Å²) in [4.78, 5) is 15.8. The van der Waals surface area contributed by atoms with Crippen LogP contribution in [-0.2, 0) is 5.41 Å². The Morgan fingerprint density at radius 2 is 0.917 bits per heavy atom. The third-order valence-corrected chi connectivity index (χ3v) is 12.9. The van der Waals surface area contributed by atoms with Crippen molar-refractivity contribution in [3.05, 3.63) is 216 Å². The molecule has 4 heteroatoms. The van der Waals surface area contributed by atoms with Gasteiger partial charge >= 0.3 is 0 Å². The lowest BCUT2D eigenvalue weighted by atomic mass is 9.63. The molecule has 1 aromatic heterocycles. The molecule has 0 bridgehead atoms. The Labute approximate surface area is 349 Å². The van der Waals surface area contributed by atoms with E-state index < -0.39 is 5.41 Å². The molecule has 3 aliphatic rings. The molecule has 0 fully saturated rings. The monoisotopic (exact) mass is 769 g/mol. The first-order valence-electron chi connectivity index (χ1n) is 21.0. The van der Waals surface area contributed by atoms with Crippen LogP contribution in [0.5, 0.6) is 11.5 Å². The van der Waals surface area contributed by atoms with Crippen molar-refractivity contribution in [2.45, 2.75) is 31.1 Å². The van der Waals surface area contributed by atoms with Crippen LogP contribution < -0.4 is 4.74 Å². The van der Waals surface area contributed by atoms with Gasteiger partial charge in [-0.25, -0.2) is 15.0 Å². The average Bonchev–Trinajstić information content (AvgIpc) is 3.62. The topological polar surface area (TPSA) is 47.9 Å². The first kappa shape index (κ1) is 34.6. The van der Waals surface area contributed by atoms with Crippen molar-refractivity contribution in [3.8, 4) is 67.9 Å². The van der Waals surface area contributed by atoms with Gasteiger partial charge in [-0.05, 0) is 87.6 Å². The van der Waals surface area contributed by atoms with E-state index in [4.69, 9.17) is 19.7 Å². The second-order valence-corrected chi connectivity index (χ2v) is 16.0. The molecule has 1 atom stereocenters. The Morgan fingerprint density at radius 1 is 0.367 bits per heavy atom. The molecule has 0 radical (unpaired) electrons. The zero-order valence-corrected chi connectivity index (χ0v) is 33.0. The highest BCUT2D eigenvalue weighted by Gasteiger charge is 2.52. The maximum atomic E-state index is 7.14. The number of hydrogen-bond donors (Lipinski definition) is 0. The predicted molar refractivity (Wildman–Crippen MR) is 243 cm³/mol. The molecule has 1 aliphatic heterocycles. The number of benzene rings is 8. The number of rotatable bonds is 5. The van der Waals surface area contributed by atoms with Gasteiger partial charge < -0.3 is 4.74 Å². The van der Waals surface area contributed by atoms with Crippen LogP contribution in [0.25, 0.3) is 72.8 Å². The van der Waals surface area contributed by atoms with Crippen molar-refractivity contribution in [1.29, 1.82) is 0 Å². The minimum atomic E-state index is -0.435. The summed E-state index contributed by atoms with van der Waals surface area (Å²) in [6, 6.07) is 66.7. The van der Waals surface area contributed by atoms with E-state index in [0.29, 0.717) is 17.5 Å². The Hall–Kier alpha value is -7.43. The molecule has 0 saturated heterocycles. The maximum absolute atomic E-state index is 7.14. The predicted octanol–water partition coefficient (Wildman–Crippen LogP) is 14.1. The van der Waals surface area contributed by atoms with E-state index >= 15 is 0 Å². The molecule has 9 aromatic rings. The second kappa shape index (κ2) is 13.9. The number of hydrogen-bond acceptors (Lipinski definition) is 4. The lowest BCUT2D eigenvalue weighted by Gasteiger charge is -2.42. The van der Waals surface area contributed by atoms with Crippen molar-refractivity contribution >= 4 is 16.3 Å². The number of fused-ring (bicyclic) bond motifs is 9. The van der Waals surface area contributed by atoms with Crippen LogP contribution in [0.3, 0.4) is 0 Å². The summed E-state index contributed by atoms with van der Waals surface area (Å²) < 4.78 is 7.14. The SMILES string of the molecule is c1ccc(-c2nc(-c3ccccc3-c3cccc4c3Oc3ccccc3C43C4=C(CCCC4)c4ccccc43)nc(-c3ccc(-c4ccccc4)c4ccccc34)n2)cc1. The van der Waals surface area contributed by atoms with Crippen LogP contribution in [-0.4, -0.2) is 15.0 Å². The van der Waals surface area contributed by atoms with Crippen LogP contribution in [0.4, 0.5) is 0 Å². The molecule has 284 valence electrons. The quantitative estimate of drug-likeness (QED) is 0.175. The van der Waals surface area contributed by atoms with Crippen molar-refractivity contribution in [3.63, 3.8) is 0 Å². The first-order chi connectivity index (χ1) is 29.8. The van der Waals surface area contributed by atoms with Gasteiger partial charge in [0.25, 0.3) is 0 Å². The van der Waals surface area contributed by atoms with Crippen LogP contribution in [0, 0.1) is 0 Å². The van der Waals surface area contributed by atoms with Gasteiger partial charge in [-0.15, -0.1) is 0 Å². The Kier molecular flexibility index (Phi) is 7.99. The van der Waals surface area contributed by atoms with Gasteiger partial charge in [0.05, 0.1) is 5.41 Å². The molecule has 0 saturated carbocycles. The molecule has 8 aromatic carbocycles. The number of para-hydroxylation sites is 2. The molecule has 12 rings (SSSR count). The van der Waals surface area contributed by atoms with Crippen molar-refractivity contribution < 1.29 is 4.74 Å². The number of nitrogens with zero attached hydrogens (tertiary/aromatic N) is 3. The van der Waals surface area contributed by atoms with Gasteiger partial charge in [0.15, 0.2) is 17.5 Å². The summed E-state index contributed by atoms with van der Waals surface area (Å²) in [5.41, 5.74) is 14.9. The Morgan fingerprint density at radius 3 is 1.72 bits per heavy atom. The molecule has 60 heavy (non-hydrogen) atoms. The van der Waals surface area contributed by atoms with Crippen molar-refractivity contribution in [2.75, 3.05) is 0 Å². The molecular formula is C56H39N3O. The van der Waals surface area contributed by atoms with Crippen LogP contribution in [0.2, 0.25) is 0 Å². The lowest BCUT2D eigenvalue weighted by molar-refractivity contribution is 0.432. The minimum absolute atomic E-state index is 0.435. The molecule has 0 N–H and O–H groups in total. The standard InChI is InChI=1S/C56H39N3O/c1-3-18-36(19-4-1)38-34-35-46(40-23-8-7-22-39(38)40)55-58-53(37-20-5-2-6-21-37)57-54(59-55)45-27-10-9-24-41(45)44-28-17-32-50-52(44)60-51-33-16-15-31-49(51)56(50)47-29-13-11-25-42(47)43-26-12-14-30-48(43)56/h1-11,13,15-25,27-29,31-35H,12,14,26,30H2. The van der Waals surface area contributed by atoms with Crippen LogP contribution >= 0.6 is 0 Å². The van der Waals surface area contributed by atoms with Gasteiger partial charge in [-0.3, -0.25) is 0 Å². The molecule has 4 nitrogen and oxygen atoms in total. The fourth-order valence-corrected chi connectivity index (χ4v) is 10.4. The smallest absolute Gasteiger partial charge is 0.164 e. The number of allylic oxidation sites excluding steroid dienone is 2. The van der Waals surface area contributed by atoms with Gasteiger partial charge in [0, 0.05) is 33.4 Å². The van der Waals surface area contributed by atoms with Crippen LogP contribution in [0.1, 0.15) is 47.9 Å². The van der Waals surface area contributed by atoms with Crippen molar-refractivity contribution in [2.24, 2.45) is 0 Å². The minimum Gasteiger partial charge on any atom is -0.456 e. The molecule has 2 aliphatic carbocycles. The van der Waals surface area contributed by atoms with Gasteiger partial charge in [-0.1, -0.05) is 176 Å². The van der Waals surface area contributed by atoms with E-state index in [0.717, 1.165) is 62.9 Å². The lowest BCUT2D eigenvalue weighted by Crippen LogP contribution is -2.33. The fraction of sp³-hybridized carbons (Fsp3) is 0.0893. The zero-order valence-electron chi connectivity index (χ0n) is 33.0. The number of aromatic nitrogens is 3. The van der Waals surface area contributed by atoms with E-state index in [1.165, 1.54) is 57.4 Å². The second-order valence-electron chi connectivity index (χ2n) is 16.0. The summed E-state index contributed by atoms with van der Waals surface area (Å²) in [5, 5.41) is 2.24. The van der Waals surface area contributed by atoms with E-state index in [1.807, 2.05) is 18.2 Å². The van der Waals surface area contributed by atoms with E-state index in [9.17, 15) is 0 Å². The molecule has 2 heterocycles. The highest BCUT2D eigenvalue weighted by Crippen LogP contribution is 2.64. The van der Waals surface area contributed by atoms with E-state index in [1.54, 1.807) is 0 Å². The molecule has 1 spiro atoms. The van der Waals surface area contributed by atoms with Gasteiger partial charge in [0.2, 0.25) is 0 Å². The molecular weight excluding hydrogens is 731 g/mol. The van der Waals surface area contributed by atoms with Gasteiger partial charge in [0.1, 0.15) is 11.5 Å². The Bertz CT molecular complexity index is 3190. The third kappa shape index (κ3) is 5.20. The average molecular weight is 770 g/mol. The van der Waals surface area contributed by atoms with Crippen molar-refractivity contribution in [1.82, 2.24) is 15.0 Å². The summed E-state index contributed by atoms with van der Waals surface area (Å²) in [6.45, 7) is 0.